The summed E-state index contributed by atoms with van der Waals surface area (Å²) in [5, 5.41) is 13.1. The van der Waals surface area contributed by atoms with E-state index < -0.39 is 11.8 Å². The summed E-state index contributed by atoms with van der Waals surface area (Å²) in [6.45, 7) is 4.51. The largest absolute Gasteiger partial charge is 0.507 e. The smallest absolute Gasteiger partial charge is 0.329 e. The number of rotatable bonds is 4. The molecule has 0 aromatic heterocycles. The molecule has 19 heavy (non-hydrogen) atoms. The first-order chi connectivity index (χ1) is 9.10. The fraction of sp³-hybridized carbons (Fsp3) is 0.308. The van der Waals surface area contributed by atoms with Crippen molar-refractivity contribution in [2.45, 2.75) is 13.8 Å². The van der Waals surface area contributed by atoms with Gasteiger partial charge in [0.2, 0.25) is 0 Å². The van der Waals surface area contributed by atoms with Crippen molar-refractivity contribution in [3.63, 3.8) is 0 Å². The molecule has 0 bridgehead atoms. The van der Waals surface area contributed by atoms with Crippen LogP contribution in [0.4, 0.5) is 0 Å². The maximum atomic E-state index is 11.6. The summed E-state index contributed by atoms with van der Waals surface area (Å²) in [5.74, 6) is -1.37. The highest BCUT2D eigenvalue weighted by atomic mass is 16.3. The molecular formula is C13H17N3O3. The molecule has 0 atom stereocenters. The van der Waals surface area contributed by atoms with Crippen molar-refractivity contribution in [1.29, 1.82) is 0 Å². The van der Waals surface area contributed by atoms with Crippen LogP contribution in [0.15, 0.2) is 29.4 Å². The molecule has 0 aliphatic rings. The summed E-state index contributed by atoms with van der Waals surface area (Å²) in [6.07, 6.45) is 1.28. The summed E-state index contributed by atoms with van der Waals surface area (Å²) < 4.78 is 0. The van der Waals surface area contributed by atoms with E-state index in [4.69, 9.17) is 0 Å². The van der Waals surface area contributed by atoms with Crippen LogP contribution in [0, 0.1) is 0 Å². The third-order valence-corrected chi connectivity index (χ3v) is 2.55. The van der Waals surface area contributed by atoms with Crippen LogP contribution in [-0.4, -0.2) is 41.1 Å². The Bertz CT molecular complexity index is 482. The van der Waals surface area contributed by atoms with Crippen LogP contribution >= 0.6 is 0 Å². The average Bonchev–Trinajstić information content (AvgIpc) is 2.42. The van der Waals surface area contributed by atoms with E-state index in [9.17, 15) is 14.7 Å². The Morgan fingerprint density at radius 3 is 2.53 bits per heavy atom. The first-order valence-corrected chi connectivity index (χ1v) is 6.00. The predicted octanol–water partition coefficient (Wildman–Crippen LogP) is 0.711. The molecule has 2 N–H and O–H groups in total. The van der Waals surface area contributed by atoms with Crippen molar-refractivity contribution in [1.82, 2.24) is 10.3 Å². The topological polar surface area (TPSA) is 82.0 Å². The second-order valence-electron chi connectivity index (χ2n) is 3.74. The highest BCUT2D eigenvalue weighted by Gasteiger charge is 2.18. The van der Waals surface area contributed by atoms with Crippen LogP contribution in [0.1, 0.15) is 19.4 Å². The zero-order valence-electron chi connectivity index (χ0n) is 11.0. The van der Waals surface area contributed by atoms with Gasteiger partial charge in [0.15, 0.2) is 0 Å². The molecule has 2 amide bonds. The highest BCUT2D eigenvalue weighted by Crippen LogP contribution is 2.12. The lowest BCUT2D eigenvalue weighted by Gasteiger charge is -2.16. The van der Waals surface area contributed by atoms with Gasteiger partial charge in [0, 0.05) is 18.7 Å². The maximum absolute atomic E-state index is 11.6. The lowest BCUT2D eigenvalue weighted by atomic mass is 10.2. The van der Waals surface area contributed by atoms with Gasteiger partial charge in [-0.25, -0.2) is 5.43 Å². The van der Waals surface area contributed by atoms with Crippen LogP contribution in [0.2, 0.25) is 0 Å². The van der Waals surface area contributed by atoms with Crippen molar-refractivity contribution < 1.29 is 14.7 Å². The molecule has 0 radical (unpaired) electrons. The van der Waals surface area contributed by atoms with Gasteiger partial charge in [-0.2, -0.15) is 5.10 Å². The van der Waals surface area contributed by atoms with Gasteiger partial charge in [0.05, 0.1) is 6.21 Å². The lowest BCUT2D eigenvalue weighted by molar-refractivity contribution is -0.145. The molecule has 1 aromatic carbocycles. The summed E-state index contributed by atoms with van der Waals surface area (Å²) in [6, 6.07) is 6.54. The molecular weight excluding hydrogens is 246 g/mol. The van der Waals surface area contributed by atoms with E-state index in [-0.39, 0.29) is 5.75 Å². The van der Waals surface area contributed by atoms with Gasteiger partial charge < -0.3 is 10.0 Å². The summed E-state index contributed by atoms with van der Waals surface area (Å²) in [4.78, 5) is 24.5. The zero-order chi connectivity index (χ0) is 14.3. The van der Waals surface area contributed by atoms with Gasteiger partial charge >= 0.3 is 11.8 Å². The van der Waals surface area contributed by atoms with Crippen molar-refractivity contribution in [3.05, 3.63) is 29.8 Å². The van der Waals surface area contributed by atoms with Gasteiger partial charge in [-0.05, 0) is 26.0 Å². The average molecular weight is 263 g/mol. The van der Waals surface area contributed by atoms with Crippen LogP contribution in [0.25, 0.3) is 0 Å². The van der Waals surface area contributed by atoms with Crippen LogP contribution in [-0.2, 0) is 9.59 Å². The molecule has 0 spiro atoms. The Hall–Kier alpha value is -2.37. The number of hydrogen-bond donors (Lipinski definition) is 2. The second kappa shape index (κ2) is 7.15. The number of benzene rings is 1. The van der Waals surface area contributed by atoms with E-state index >= 15 is 0 Å². The number of phenols is 1. The molecule has 0 saturated heterocycles. The summed E-state index contributed by atoms with van der Waals surface area (Å²) >= 11 is 0. The van der Waals surface area contributed by atoms with Gasteiger partial charge in [-0.1, -0.05) is 12.1 Å². The third kappa shape index (κ3) is 4.09. The van der Waals surface area contributed by atoms with Crippen molar-refractivity contribution >= 4 is 18.0 Å². The van der Waals surface area contributed by atoms with E-state index in [0.717, 1.165) is 0 Å². The number of carbonyl (C=O) groups excluding carboxylic acids is 2. The summed E-state index contributed by atoms with van der Waals surface area (Å²) in [5.41, 5.74) is 2.59. The molecule has 6 nitrogen and oxygen atoms in total. The number of hydrogen-bond acceptors (Lipinski definition) is 4. The highest BCUT2D eigenvalue weighted by molar-refractivity contribution is 6.34. The number of nitrogens with one attached hydrogen (secondary N) is 1. The van der Waals surface area contributed by atoms with Crippen molar-refractivity contribution in [2.24, 2.45) is 5.10 Å². The van der Waals surface area contributed by atoms with E-state index in [1.165, 1.54) is 17.2 Å². The summed E-state index contributed by atoms with van der Waals surface area (Å²) in [7, 11) is 0. The number of amides is 2. The molecule has 1 rings (SSSR count). The number of para-hydroxylation sites is 1. The minimum atomic E-state index is -0.796. The van der Waals surface area contributed by atoms with E-state index in [0.29, 0.717) is 18.7 Å². The zero-order valence-corrected chi connectivity index (χ0v) is 11.0. The number of phenolic OH excluding ortho intramolecular Hbond substituents is 1. The Morgan fingerprint density at radius 2 is 1.95 bits per heavy atom. The Morgan fingerprint density at radius 1 is 1.32 bits per heavy atom. The molecule has 0 fully saturated rings. The number of carbonyl (C=O) groups is 2. The predicted molar refractivity (Wildman–Crippen MR) is 71.8 cm³/mol. The van der Waals surface area contributed by atoms with Gasteiger partial charge in [-0.3, -0.25) is 9.59 Å². The molecule has 102 valence electrons. The van der Waals surface area contributed by atoms with Crippen LogP contribution in [0.3, 0.4) is 0 Å². The van der Waals surface area contributed by atoms with Gasteiger partial charge in [-0.15, -0.1) is 0 Å². The van der Waals surface area contributed by atoms with E-state index in [1.807, 2.05) is 0 Å². The Balaban J connectivity index is 2.60. The third-order valence-electron chi connectivity index (χ3n) is 2.55. The fourth-order valence-electron chi connectivity index (χ4n) is 1.46. The first-order valence-electron chi connectivity index (χ1n) is 6.00. The number of aromatic hydroxyl groups is 1. The quantitative estimate of drug-likeness (QED) is 0.477. The molecule has 0 unspecified atom stereocenters. The van der Waals surface area contributed by atoms with Gasteiger partial charge in [0.1, 0.15) is 5.75 Å². The standard InChI is InChI=1S/C13H17N3O3/c1-3-16(4-2)13(19)12(18)15-14-9-10-7-5-6-8-11(10)17/h5-9,17H,3-4H2,1-2H3,(H,15,18)/b14-9-. The van der Waals surface area contributed by atoms with E-state index in [2.05, 4.69) is 10.5 Å². The number of likely N-dealkylation sites (N-methyl/N-ethyl adjacent to an activating group) is 1. The number of hydrazone groups is 1. The van der Waals surface area contributed by atoms with E-state index in [1.54, 1.807) is 32.0 Å². The molecule has 6 heteroatoms. The second-order valence-corrected chi connectivity index (χ2v) is 3.74. The Labute approximate surface area is 111 Å². The van der Waals surface area contributed by atoms with Crippen LogP contribution in [0.5, 0.6) is 5.75 Å². The number of nitrogens with zero attached hydrogens (tertiary/aromatic N) is 2. The molecule has 0 saturated carbocycles. The first kappa shape index (κ1) is 14.7. The molecule has 0 aliphatic carbocycles. The minimum absolute atomic E-state index is 0.0515. The SMILES string of the molecule is CCN(CC)C(=O)C(=O)N/N=C\c1ccccc1O. The maximum Gasteiger partial charge on any atom is 0.329 e. The normalized spacial score (nSPS) is 10.4. The van der Waals surface area contributed by atoms with Crippen molar-refractivity contribution in [2.75, 3.05) is 13.1 Å². The lowest BCUT2D eigenvalue weighted by Crippen LogP contribution is -2.41. The van der Waals surface area contributed by atoms with Crippen molar-refractivity contribution in [3.8, 4) is 5.75 Å². The minimum Gasteiger partial charge on any atom is -0.507 e. The molecule has 1 aromatic rings. The fourth-order valence-corrected chi connectivity index (χ4v) is 1.46. The molecule has 0 aliphatic heterocycles. The Kier molecular flexibility index (Phi) is 5.53. The van der Waals surface area contributed by atoms with Crippen LogP contribution < -0.4 is 5.43 Å². The monoisotopic (exact) mass is 263 g/mol. The molecule has 0 heterocycles. The van der Waals surface area contributed by atoms with Gasteiger partial charge in [0.25, 0.3) is 0 Å².